The van der Waals surface area contributed by atoms with Crippen LogP contribution in [0.15, 0.2) is 53.5 Å². The van der Waals surface area contributed by atoms with Gasteiger partial charge in [-0.2, -0.15) is 0 Å². The molecule has 1 saturated heterocycles. The van der Waals surface area contributed by atoms with E-state index >= 15 is 0 Å². The molecule has 0 radical (unpaired) electrons. The van der Waals surface area contributed by atoms with Crippen LogP contribution in [-0.4, -0.2) is 31.7 Å². The molecular weight excluding hydrogens is 450 g/mol. The summed E-state index contributed by atoms with van der Waals surface area (Å²) >= 11 is 2.14. The lowest BCUT2D eigenvalue weighted by Gasteiger charge is -2.35. The number of fused-ring (bicyclic) bond motifs is 1. The molecule has 0 aliphatic carbocycles. The molecule has 5 nitrogen and oxygen atoms in total. The zero-order valence-corrected chi connectivity index (χ0v) is 15.9. The van der Waals surface area contributed by atoms with Crippen molar-refractivity contribution in [1.29, 1.82) is 0 Å². The van der Waals surface area contributed by atoms with Crippen molar-refractivity contribution in [2.75, 3.05) is 19.8 Å². The zero-order chi connectivity index (χ0) is 18.1. The van der Waals surface area contributed by atoms with E-state index in [1.54, 1.807) is 36.4 Å². The Balaban J connectivity index is 1.69. The minimum Gasteiger partial charge on any atom is -0.464 e. The Labute approximate surface area is 163 Å². The lowest BCUT2D eigenvalue weighted by molar-refractivity contribution is 0.0945. The number of halogens is 2. The summed E-state index contributed by atoms with van der Waals surface area (Å²) in [4.78, 5) is 17.0. The lowest BCUT2D eigenvalue weighted by Crippen LogP contribution is -2.46. The van der Waals surface area contributed by atoms with Crippen molar-refractivity contribution in [2.24, 2.45) is 10.9 Å². The lowest BCUT2D eigenvalue weighted by atomic mass is 9.80. The van der Waals surface area contributed by atoms with E-state index in [1.165, 1.54) is 6.07 Å². The van der Waals surface area contributed by atoms with E-state index in [-0.39, 0.29) is 30.3 Å². The Hall–Kier alpha value is -2.00. The molecular formula is C19H16FIN2O3. The zero-order valence-electron chi connectivity index (χ0n) is 13.7. The van der Waals surface area contributed by atoms with Gasteiger partial charge in [0, 0.05) is 20.6 Å². The van der Waals surface area contributed by atoms with Crippen LogP contribution < -0.4 is 5.32 Å². The van der Waals surface area contributed by atoms with Crippen LogP contribution in [0.1, 0.15) is 15.9 Å². The first-order valence-corrected chi connectivity index (χ1v) is 9.29. The molecule has 2 heterocycles. The number of benzene rings is 2. The first-order valence-electron chi connectivity index (χ1n) is 8.21. The fourth-order valence-corrected chi connectivity index (χ4v) is 3.82. The number of carbonyl (C=O) groups excluding carboxylic acids is 1. The minimum atomic E-state index is -0.886. The summed E-state index contributed by atoms with van der Waals surface area (Å²) in [5.74, 6) is -0.757. The van der Waals surface area contributed by atoms with Crippen molar-refractivity contribution in [3.05, 3.63) is 69.0 Å². The summed E-state index contributed by atoms with van der Waals surface area (Å²) < 4.78 is 26.7. The number of ether oxygens (including phenoxy) is 2. The molecule has 0 saturated carbocycles. The first kappa shape index (κ1) is 17.4. The Kier molecular flexibility index (Phi) is 4.66. The van der Waals surface area contributed by atoms with E-state index in [9.17, 15) is 9.18 Å². The molecule has 26 heavy (non-hydrogen) atoms. The monoisotopic (exact) mass is 466 g/mol. The molecule has 0 bridgehead atoms. The van der Waals surface area contributed by atoms with Gasteiger partial charge in [-0.3, -0.25) is 10.1 Å². The van der Waals surface area contributed by atoms with Crippen LogP contribution in [0.4, 0.5) is 4.39 Å². The number of aliphatic imine (C=N–C) groups is 1. The van der Waals surface area contributed by atoms with E-state index in [2.05, 4.69) is 32.9 Å². The van der Waals surface area contributed by atoms with Crippen molar-refractivity contribution in [1.82, 2.24) is 5.32 Å². The molecule has 0 aromatic heterocycles. The number of hydrogen-bond donors (Lipinski definition) is 1. The first-order chi connectivity index (χ1) is 12.6. The third kappa shape index (κ3) is 3.09. The Morgan fingerprint density at radius 3 is 2.85 bits per heavy atom. The molecule has 2 atom stereocenters. The van der Waals surface area contributed by atoms with Gasteiger partial charge in [-0.05, 0) is 52.9 Å². The van der Waals surface area contributed by atoms with Crippen LogP contribution in [0.3, 0.4) is 0 Å². The molecule has 0 spiro atoms. The third-order valence-electron chi connectivity index (χ3n) is 4.69. The highest BCUT2D eigenvalue weighted by atomic mass is 127. The van der Waals surface area contributed by atoms with E-state index in [4.69, 9.17) is 9.47 Å². The van der Waals surface area contributed by atoms with Crippen molar-refractivity contribution < 1.29 is 18.7 Å². The van der Waals surface area contributed by atoms with Gasteiger partial charge in [-0.15, -0.1) is 0 Å². The second-order valence-electron chi connectivity index (χ2n) is 6.31. The highest BCUT2D eigenvalue weighted by Gasteiger charge is 2.50. The van der Waals surface area contributed by atoms with E-state index < -0.39 is 5.54 Å². The van der Waals surface area contributed by atoms with Gasteiger partial charge < -0.3 is 9.47 Å². The van der Waals surface area contributed by atoms with Crippen molar-refractivity contribution in [3.8, 4) is 0 Å². The number of hydrogen-bond acceptors (Lipinski definition) is 4. The molecule has 1 amide bonds. The van der Waals surface area contributed by atoms with Crippen LogP contribution in [-0.2, 0) is 15.0 Å². The van der Waals surface area contributed by atoms with Crippen LogP contribution in [0, 0.1) is 15.3 Å². The highest BCUT2D eigenvalue weighted by molar-refractivity contribution is 14.1. The van der Waals surface area contributed by atoms with Gasteiger partial charge in [0.1, 0.15) is 11.4 Å². The maximum Gasteiger partial charge on any atom is 0.292 e. The highest BCUT2D eigenvalue weighted by Crippen LogP contribution is 2.43. The number of carbonyl (C=O) groups is 1. The summed E-state index contributed by atoms with van der Waals surface area (Å²) in [6.07, 6.45) is 0. The van der Waals surface area contributed by atoms with Gasteiger partial charge in [-0.1, -0.05) is 18.2 Å². The SMILES string of the molecule is O=C(NC1=NC2(c3cc(I)ccc3F)COCC2CO1)c1ccccc1. The second kappa shape index (κ2) is 6.96. The van der Waals surface area contributed by atoms with Gasteiger partial charge in [0.05, 0.1) is 19.8 Å². The van der Waals surface area contributed by atoms with Gasteiger partial charge in [-0.25, -0.2) is 9.38 Å². The van der Waals surface area contributed by atoms with Crippen LogP contribution in [0.25, 0.3) is 0 Å². The maximum atomic E-state index is 14.6. The van der Waals surface area contributed by atoms with Crippen molar-refractivity contribution in [2.45, 2.75) is 5.54 Å². The molecule has 4 rings (SSSR count). The number of nitrogens with one attached hydrogen (secondary N) is 1. The molecule has 7 heteroatoms. The Morgan fingerprint density at radius 1 is 1.23 bits per heavy atom. The number of nitrogens with zero attached hydrogens (tertiary/aromatic N) is 1. The normalized spacial score (nSPS) is 24.4. The average Bonchev–Trinajstić information content (AvgIpc) is 3.08. The maximum absolute atomic E-state index is 14.6. The number of amides is 1. The summed E-state index contributed by atoms with van der Waals surface area (Å²) in [6.45, 7) is 0.996. The molecule has 2 unspecified atom stereocenters. The third-order valence-corrected chi connectivity index (χ3v) is 5.36. The van der Waals surface area contributed by atoms with Gasteiger partial charge >= 0.3 is 0 Å². The molecule has 2 aliphatic rings. The van der Waals surface area contributed by atoms with Gasteiger partial charge in [0.15, 0.2) is 0 Å². The minimum absolute atomic E-state index is 0.0962. The predicted molar refractivity (Wildman–Crippen MR) is 102 cm³/mol. The summed E-state index contributed by atoms with van der Waals surface area (Å²) in [5, 5.41) is 2.69. The average molecular weight is 466 g/mol. The number of amidine groups is 1. The molecule has 134 valence electrons. The molecule has 2 aromatic rings. The van der Waals surface area contributed by atoms with Gasteiger partial charge in [0.25, 0.3) is 11.9 Å². The van der Waals surface area contributed by atoms with Crippen molar-refractivity contribution in [3.63, 3.8) is 0 Å². The smallest absolute Gasteiger partial charge is 0.292 e. The fraction of sp³-hybridized carbons (Fsp3) is 0.263. The Morgan fingerprint density at radius 2 is 2.04 bits per heavy atom. The predicted octanol–water partition coefficient (Wildman–Crippen LogP) is 3.09. The van der Waals surface area contributed by atoms with Crippen LogP contribution in [0.2, 0.25) is 0 Å². The number of rotatable bonds is 2. The van der Waals surface area contributed by atoms with Crippen LogP contribution >= 0.6 is 22.6 Å². The van der Waals surface area contributed by atoms with E-state index in [1.807, 2.05) is 6.07 Å². The quantitative estimate of drug-likeness (QED) is 0.693. The molecule has 2 aromatic carbocycles. The van der Waals surface area contributed by atoms with Crippen LogP contribution in [0.5, 0.6) is 0 Å². The molecule has 2 aliphatic heterocycles. The second-order valence-corrected chi connectivity index (χ2v) is 7.55. The summed E-state index contributed by atoms with van der Waals surface area (Å²) in [5.41, 5.74) is 0.0859. The van der Waals surface area contributed by atoms with E-state index in [0.29, 0.717) is 24.3 Å². The topological polar surface area (TPSA) is 59.9 Å². The molecule has 1 fully saturated rings. The molecule has 1 N–H and O–H groups in total. The van der Waals surface area contributed by atoms with Crippen molar-refractivity contribution >= 4 is 34.5 Å². The summed E-state index contributed by atoms with van der Waals surface area (Å²) in [7, 11) is 0. The largest absolute Gasteiger partial charge is 0.464 e. The van der Waals surface area contributed by atoms with E-state index in [0.717, 1.165) is 3.57 Å². The Bertz CT molecular complexity index is 874. The van der Waals surface area contributed by atoms with Gasteiger partial charge in [0.2, 0.25) is 0 Å². The standard InChI is InChI=1S/C19H16FIN2O3/c20-16-7-6-14(21)8-15(16)19-11-25-9-13(19)10-26-18(23-19)22-17(24)12-4-2-1-3-5-12/h1-8,13H,9-11H2,(H,22,23,24). The summed E-state index contributed by atoms with van der Waals surface area (Å²) in [6, 6.07) is 13.8. The fourth-order valence-electron chi connectivity index (χ4n) is 3.33.